The predicted octanol–water partition coefficient (Wildman–Crippen LogP) is -0.952. The maximum Gasteiger partial charge on any atom is 0.365 e. The van der Waals surface area contributed by atoms with E-state index in [9.17, 15) is 9.59 Å². The number of hydrogen-bond donors (Lipinski definition) is 2. The number of esters is 1. The molecule has 138 valence electrons. The molecule has 9 nitrogen and oxygen atoms in total. The number of aliphatic carboxylic acids is 1. The highest BCUT2D eigenvalue weighted by atomic mass is 17.2. The minimum atomic E-state index is -1.23. The number of carboxylic acid groups (broad SMARTS) is 1. The SMILES string of the molecule is C=CC(=O)OCC(O)CO.C=CC(=O)OOCCC.C=CC(=O)[O-]. The number of carbonyl (C=O) groups is 3. The van der Waals surface area contributed by atoms with Crippen LogP contribution in [0.1, 0.15) is 13.3 Å². The van der Waals surface area contributed by atoms with Gasteiger partial charge in [0, 0.05) is 12.2 Å². The lowest BCUT2D eigenvalue weighted by Gasteiger charge is -2.05. The highest BCUT2D eigenvalue weighted by Crippen LogP contribution is 1.85. The molecule has 24 heavy (non-hydrogen) atoms. The van der Waals surface area contributed by atoms with Crippen molar-refractivity contribution in [3.63, 3.8) is 0 Å². The molecule has 0 heterocycles. The molecule has 0 fully saturated rings. The summed E-state index contributed by atoms with van der Waals surface area (Å²) in [5, 5.41) is 26.0. The zero-order valence-corrected chi connectivity index (χ0v) is 13.5. The maximum absolute atomic E-state index is 10.3. The molecule has 0 rings (SSSR count). The van der Waals surface area contributed by atoms with Crippen molar-refractivity contribution in [2.24, 2.45) is 0 Å². The molecular formula is C15H23O9-. The molecule has 0 bridgehead atoms. The van der Waals surface area contributed by atoms with Crippen molar-refractivity contribution in [2.75, 3.05) is 19.8 Å². The molecule has 2 N–H and O–H groups in total. The van der Waals surface area contributed by atoms with Gasteiger partial charge in [0.05, 0.1) is 19.2 Å². The van der Waals surface area contributed by atoms with Crippen molar-refractivity contribution in [1.29, 1.82) is 0 Å². The third kappa shape index (κ3) is 27.8. The van der Waals surface area contributed by atoms with Crippen LogP contribution in [0.2, 0.25) is 0 Å². The Hall–Kier alpha value is -2.49. The third-order valence-corrected chi connectivity index (χ3v) is 1.56. The molecule has 0 aliphatic heterocycles. The van der Waals surface area contributed by atoms with Crippen LogP contribution in [-0.4, -0.2) is 54.0 Å². The van der Waals surface area contributed by atoms with Crippen LogP contribution < -0.4 is 5.11 Å². The first-order valence-electron chi connectivity index (χ1n) is 6.66. The van der Waals surface area contributed by atoms with Gasteiger partial charge in [-0.05, 0) is 12.5 Å². The van der Waals surface area contributed by atoms with E-state index in [1.165, 1.54) is 0 Å². The topological polar surface area (TPSA) is 142 Å². The molecule has 0 aromatic carbocycles. The quantitative estimate of drug-likeness (QED) is 0.177. The van der Waals surface area contributed by atoms with Crippen LogP contribution in [0.4, 0.5) is 0 Å². The zero-order valence-electron chi connectivity index (χ0n) is 13.5. The Labute approximate surface area is 140 Å². The number of rotatable bonds is 9. The number of hydrogen-bond acceptors (Lipinski definition) is 9. The molecule has 0 saturated heterocycles. The van der Waals surface area contributed by atoms with Crippen LogP contribution in [0.15, 0.2) is 38.0 Å². The average molecular weight is 347 g/mol. The minimum Gasteiger partial charge on any atom is -0.545 e. The molecule has 0 amide bonds. The van der Waals surface area contributed by atoms with Gasteiger partial charge in [0.15, 0.2) is 0 Å². The Bertz CT molecular complexity index is 390. The second kappa shape index (κ2) is 20.5. The van der Waals surface area contributed by atoms with Gasteiger partial charge in [0.25, 0.3) is 0 Å². The van der Waals surface area contributed by atoms with Gasteiger partial charge in [-0.3, -0.25) is 4.89 Å². The first-order chi connectivity index (χ1) is 11.3. The zero-order chi connectivity index (χ0) is 19.4. The van der Waals surface area contributed by atoms with Gasteiger partial charge < -0.3 is 24.9 Å². The lowest BCUT2D eigenvalue weighted by atomic mass is 10.4. The first kappa shape index (κ1) is 26.4. The molecule has 0 aromatic heterocycles. The molecule has 0 saturated carbocycles. The molecule has 0 aromatic rings. The predicted molar refractivity (Wildman–Crippen MR) is 82.0 cm³/mol. The van der Waals surface area contributed by atoms with E-state index in [-0.39, 0.29) is 6.61 Å². The highest BCUT2D eigenvalue weighted by Gasteiger charge is 2.03. The van der Waals surface area contributed by atoms with Crippen molar-refractivity contribution < 1.29 is 44.2 Å². The number of aliphatic hydroxyl groups is 2. The van der Waals surface area contributed by atoms with E-state index in [2.05, 4.69) is 34.2 Å². The number of ether oxygens (including phenoxy) is 1. The fourth-order valence-electron chi connectivity index (χ4n) is 0.507. The molecule has 0 radical (unpaired) electrons. The molecule has 9 heteroatoms. The summed E-state index contributed by atoms with van der Waals surface area (Å²) in [6.07, 6.45) is 2.59. The van der Waals surface area contributed by atoms with E-state index in [0.717, 1.165) is 24.6 Å². The average Bonchev–Trinajstić information content (AvgIpc) is 2.60. The van der Waals surface area contributed by atoms with E-state index < -0.39 is 30.6 Å². The highest BCUT2D eigenvalue weighted by molar-refractivity contribution is 5.81. The monoisotopic (exact) mass is 347 g/mol. The second-order valence-corrected chi connectivity index (χ2v) is 3.62. The molecule has 0 aliphatic carbocycles. The summed E-state index contributed by atoms with van der Waals surface area (Å²) in [5.74, 6) is -2.39. The fourth-order valence-corrected chi connectivity index (χ4v) is 0.507. The van der Waals surface area contributed by atoms with Gasteiger partial charge in [-0.25, -0.2) is 9.59 Å². The van der Waals surface area contributed by atoms with E-state index in [0.29, 0.717) is 6.61 Å². The molecule has 1 atom stereocenters. The summed E-state index contributed by atoms with van der Waals surface area (Å²) >= 11 is 0. The van der Waals surface area contributed by atoms with Crippen molar-refractivity contribution in [3.8, 4) is 0 Å². The van der Waals surface area contributed by atoms with Gasteiger partial charge >= 0.3 is 11.9 Å². The Balaban J connectivity index is -0.000000291. The van der Waals surface area contributed by atoms with Crippen molar-refractivity contribution >= 4 is 17.9 Å². The van der Waals surface area contributed by atoms with Crippen LogP contribution >= 0.6 is 0 Å². The summed E-state index contributed by atoms with van der Waals surface area (Å²) in [6.45, 7) is 11.0. The normalized spacial score (nSPS) is 9.62. The number of carboxylic acids is 1. The van der Waals surface area contributed by atoms with Crippen LogP contribution in [0.25, 0.3) is 0 Å². The lowest BCUT2D eigenvalue weighted by Crippen LogP contribution is -2.21. The standard InChI is InChI=1S/C6H10O4.C6H10O3.C3H4O2/c1-2-6(9)10-4-5(8)3-7;1-3-5-8-9-6(7)4-2;1-2-3(4)5/h2,5,7-8H,1,3-4H2;4H,2-3,5H2,1H3;2H,1H2,(H,4,5)/p-1. The van der Waals surface area contributed by atoms with Crippen molar-refractivity contribution in [3.05, 3.63) is 38.0 Å². The summed E-state index contributed by atoms with van der Waals surface area (Å²) in [4.78, 5) is 38.2. The van der Waals surface area contributed by atoms with E-state index in [1.54, 1.807) is 0 Å². The van der Waals surface area contributed by atoms with E-state index in [4.69, 9.17) is 20.1 Å². The van der Waals surface area contributed by atoms with Crippen LogP contribution in [0.5, 0.6) is 0 Å². The Morgan fingerprint density at radius 2 is 1.62 bits per heavy atom. The third-order valence-electron chi connectivity index (χ3n) is 1.56. The van der Waals surface area contributed by atoms with E-state index >= 15 is 0 Å². The maximum atomic E-state index is 10.3. The van der Waals surface area contributed by atoms with Gasteiger partial charge in [0.2, 0.25) is 0 Å². The number of carbonyl (C=O) groups excluding carboxylic acids is 3. The fraction of sp³-hybridized carbons (Fsp3) is 0.400. The molecule has 1 unspecified atom stereocenters. The van der Waals surface area contributed by atoms with Gasteiger partial charge in [-0.15, -0.1) is 0 Å². The van der Waals surface area contributed by atoms with Gasteiger partial charge in [-0.1, -0.05) is 26.7 Å². The Morgan fingerprint density at radius 1 is 1.12 bits per heavy atom. The number of aliphatic hydroxyl groups excluding tert-OH is 2. The first-order valence-corrected chi connectivity index (χ1v) is 6.66. The van der Waals surface area contributed by atoms with Crippen molar-refractivity contribution in [1.82, 2.24) is 0 Å². The smallest absolute Gasteiger partial charge is 0.365 e. The van der Waals surface area contributed by atoms with E-state index in [1.807, 2.05) is 6.92 Å². The molecular weight excluding hydrogens is 324 g/mol. The molecule has 0 spiro atoms. The summed E-state index contributed by atoms with van der Waals surface area (Å²) < 4.78 is 4.38. The lowest BCUT2D eigenvalue weighted by molar-refractivity contribution is -0.297. The second-order valence-electron chi connectivity index (χ2n) is 3.62. The van der Waals surface area contributed by atoms with Crippen LogP contribution in [0, 0.1) is 0 Å². The van der Waals surface area contributed by atoms with Gasteiger partial charge in [0.1, 0.15) is 12.7 Å². The molecule has 0 aliphatic rings. The largest absolute Gasteiger partial charge is 0.545 e. The van der Waals surface area contributed by atoms with Gasteiger partial charge in [-0.2, -0.15) is 4.89 Å². The summed E-state index contributed by atoms with van der Waals surface area (Å²) in [7, 11) is 0. The Kier molecular flexibility index (Phi) is 22.6. The van der Waals surface area contributed by atoms with Crippen LogP contribution in [-0.2, 0) is 28.9 Å². The Morgan fingerprint density at radius 3 is 1.96 bits per heavy atom. The summed E-state index contributed by atoms with van der Waals surface area (Å²) in [5.41, 5.74) is 0. The summed E-state index contributed by atoms with van der Waals surface area (Å²) in [6, 6.07) is 0. The van der Waals surface area contributed by atoms with Crippen molar-refractivity contribution in [2.45, 2.75) is 19.4 Å². The minimum absolute atomic E-state index is 0.193. The van der Waals surface area contributed by atoms with Crippen LogP contribution in [0.3, 0.4) is 0 Å².